The molecule has 0 saturated heterocycles. The highest BCUT2D eigenvalue weighted by atomic mass is 35.5. The number of amides is 2. The van der Waals surface area contributed by atoms with Gasteiger partial charge in [0.15, 0.2) is 0 Å². The standard InChI is InChI=1S/C18H14ClNO4/c19-14-7-5-12(6-8-14)11-24-17(22)10-20-16(21)9-13-3-1-2-4-15(13)18(20)23/h1-8H,9-11H2. The summed E-state index contributed by atoms with van der Waals surface area (Å²) in [7, 11) is 0. The normalized spacial score (nSPS) is 13.6. The van der Waals surface area contributed by atoms with Crippen LogP contribution in [0.4, 0.5) is 0 Å². The molecule has 0 radical (unpaired) electrons. The first-order valence-electron chi connectivity index (χ1n) is 7.37. The van der Waals surface area contributed by atoms with Gasteiger partial charge in [-0.05, 0) is 29.3 Å². The Kier molecular flexibility index (Phi) is 4.62. The lowest BCUT2D eigenvalue weighted by Gasteiger charge is -2.25. The van der Waals surface area contributed by atoms with E-state index < -0.39 is 17.8 Å². The Morgan fingerprint density at radius 3 is 2.54 bits per heavy atom. The van der Waals surface area contributed by atoms with Crippen LogP contribution in [0.2, 0.25) is 5.02 Å². The second-order valence-corrected chi connectivity index (χ2v) is 5.84. The zero-order valence-corrected chi connectivity index (χ0v) is 13.5. The van der Waals surface area contributed by atoms with Gasteiger partial charge < -0.3 is 4.74 Å². The first-order chi connectivity index (χ1) is 11.5. The molecule has 6 heteroatoms. The van der Waals surface area contributed by atoms with Gasteiger partial charge in [-0.15, -0.1) is 0 Å². The Bertz CT molecular complexity index is 801. The van der Waals surface area contributed by atoms with Crippen LogP contribution in [0.15, 0.2) is 48.5 Å². The summed E-state index contributed by atoms with van der Waals surface area (Å²) in [5.41, 5.74) is 1.90. The Balaban J connectivity index is 1.63. The highest BCUT2D eigenvalue weighted by Crippen LogP contribution is 2.19. The molecule has 0 aromatic heterocycles. The number of imide groups is 1. The minimum Gasteiger partial charge on any atom is -0.459 e. The number of hydrogen-bond acceptors (Lipinski definition) is 4. The van der Waals surface area contributed by atoms with Gasteiger partial charge in [-0.25, -0.2) is 0 Å². The lowest BCUT2D eigenvalue weighted by atomic mass is 9.98. The summed E-state index contributed by atoms with van der Waals surface area (Å²) in [6.07, 6.45) is 0.104. The molecule has 2 aromatic carbocycles. The van der Waals surface area contributed by atoms with Crippen LogP contribution in [0.1, 0.15) is 21.5 Å². The summed E-state index contributed by atoms with van der Waals surface area (Å²) < 4.78 is 5.13. The molecule has 0 bridgehead atoms. The van der Waals surface area contributed by atoms with Crippen molar-refractivity contribution in [2.24, 2.45) is 0 Å². The molecule has 0 atom stereocenters. The molecule has 2 amide bonds. The maximum Gasteiger partial charge on any atom is 0.326 e. The number of carbonyl (C=O) groups excluding carboxylic acids is 3. The van der Waals surface area contributed by atoms with Crippen LogP contribution < -0.4 is 0 Å². The highest BCUT2D eigenvalue weighted by molar-refractivity contribution is 6.30. The Morgan fingerprint density at radius 2 is 1.79 bits per heavy atom. The van der Waals surface area contributed by atoms with Gasteiger partial charge in [-0.2, -0.15) is 0 Å². The Hall–Kier alpha value is -2.66. The zero-order valence-electron chi connectivity index (χ0n) is 12.7. The van der Waals surface area contributed by atoms with Crippen LogP contribution >= 0.6 is 11.6 Å². The predicted octanol–water partition coefficient (Wildman–Crippen LogP) is 2.61. The van der Waals surface area contributed by atoms with Crippen molar-refractivity contribution in [1.82, 2.24) is 4.90 Å². The molecule has 0 spiro atoms. The van der Waals surface area contributed by atoms with Crippen LogP contribution in [-0.2, 0) is 27.4 Å². The van der Waals surface area contributed by atoms with Crippen LogP contribution in [0.5, 0.6) is 0 Å². The molecule has 0 N–H and O–H groups in total. The van der Waals surface area contributed by atoms with E-state index in [0.717, 1.165) is 10.5 Å². The topological polar surface area (TPSA) is 63.7 Å². The fraction of sp³-hybridized carbons (Fsp3) is 0.167. The third-order valence-corrected chi connectivity index (χ3v) is 3.99. The molecule has 3 rings (SSSR count). The van der Waals surface area contributed by atoms with Gasteiger partial charge in [-0.1, -0.05) is 41.9 Å². The lowest BCUT2D eigenvalue weighted by molar-refractivity contribution is -0.149. The predicted molar refractivity (Wildman–Crippen MR) is 87.4 cm³/mol. The van der Waals surface area contributed by atoms with Gasteiger partial charge in [-0.3, -0.25) is 19.3 Å². The second-order valence-electron chi connectivity index (χ2n) is 5.41. The van der Waals surface area contributed by atoms with Crippen molar-refractivity contribution < 1.29 is 19.1 Å². The van der Waals surface area contributed by atoms with E-state index in [1.165, 1.54) is 0 Å². The van der Waals surface area contributed by atoms with E-state index >= 15 is 0 Å². The summed E-state index contributed by atoms with van der Waals surface area (Å²) in [4.78, 5) is 37.4. The number of esters is 1. The van der Waals surface area contributed by atoms with Gasteiger partial charge in [0.2, 0.25) is 5.91 Å². The number of halogens is 1. The third-order valence-electron chi connectivity index (χ3n) is 3.74. The molecule has 1 aliphatic heterocycles. The van der Waals surface area contributed by atoms with Crippen molar-refractivity contribution >= 4 is 29.4 Å². The summed E-state index contributed by atoms with van der Waals surface area (Å²) in [5.74, 6) is -1.50. The number of benzene rings is 2. The number of carbonyl (C=O) groups is 3. The minimum absolute atomic E-state index is 0.0583. The number of rotatable bonds is 4. The monoisotopic (exact) mass is 343 g/mol. The molecule has 122 valence electrons. The molecule has 0 aliphatic carbocycles. The van der Waals surface area contributed by atoms with Crippen molar-refractivity contribution in [2.45, 2.75) is 13.0 Å². The van der Waals surface area contributed by atoms with Crippen LogP contribution in [0.3, 0.4) is 0 Å². The highest BCUT2D eigenvalue weighted by Gasteiger charge is 2.32. The van der Waals surface area contributed by atoms with E-state index in [-0.39, 0.29) is 19.6 Å². The third kappa shape index (κ3) is 3.46. The van der Waals surface area contributed by atoms with E-state index in [4.69, 9.17) is 16.3 Å². The Morgan fingerprint density at radius 1 is 1.08 bits per heavy atom. The van der Waals surface area contributed by atoms with Gasteiger partial charge in [0.25, 0.3) is 5.91 Å². The number of ether oxygens (including phenoxy) is 1. The smallest absolute Gasteiger partial charge is 0.326 e. The second kappa shape index (κ2) is 6.84. The minimum atomic E-state index is -0.633. The number of fused-ring (bicyclic) bond motifs is 1. The molecule has 24 heavy (non-hydrogen) atoms. The maximum atomic E-state index is 12.4. The molecular weight excluding hydrogens is 330 g/mol. The average Bonchev–Trinajstić information content (AvgIpc) is 2.58. The van der Waals surface area contributed by atoms with Crippen molar-refractivity contribution in [3.05, 3.63) is 70.2 Å². The molecule has 1 aliphatic rings. The quantitative estimate of drug-likeness (QED) is 0.632. The summed E-state index contributed by atoms with van der Waals surface area (Å²) in [5, 5.41) is 0.591. The Labute approximate surface area is 143 Å². The van der Waals surface area contributed by atoms with Crippen LogP contribution in [0, 0.1) is 0 Å². The summed E-state index contributed by atoms with van der Waals surface area (Å²) in [6, 6.07) is 13.8. The maximum absolute atomic E-state index is 12.4. The summed E-state index contributed by atoms with van der Waals surface area (Å²) in [6.45, 7) is -0.331. The molecule has 0 fully saturated rings. The van der Waals surface area contributed by atoms with Crippen molar-refractivity contribution in [3.8, 4) is 0 Å². The van der Waals surface area contributed by atoms with E-state index in [1.54, 1.807) is 48.5 Å². The number of hydrogen-bond donors (Lipinski definition) is 0. The zero-order chi connectivity index (χ0) is 17.1. The molecule has 1 heterocycles. The molecule has 2 aromatic rings. The van der Waals surface area contributed by atoms with Gasteiger partial charge in [0.1, 0.15) is 13.2 Å². The van der Waals surface area contributed by atoms with E-state index in [1.807, 2.05) is 0 Å². The van der Waals surface area contributed by atoms with E-state index in [9.17, 15) is 14.4 Å². The van der Waals surface area contributed by atoms with Crippen molar-refractivity contribution in [3.63, 3.8) is 0 Å². The fourth-order valence-electron chi connectivity index (χ4n) is 2.48. The summed E-state index contributed by atoms with van der Waals surface area (Å²) >= 11 is 5.79. The van der Waals surface area contributed by atoms with Gasteiger partial charge in [0.05, 0.1) is 6.42 Å². The van der Waals surface area contributed by atoms with Gasteiger partial charge in [0, 0.05) is 10.6 Å². The van der Waals surface area contributed by atoms with Crippen LogP contribution in [-0.4, -0.2) is 29.2 Å². The molecule has 5 nitrogen and oxygen atoms in total. The van der Waals surface area contributed by atoms with Crippen molar-refractivity contribution in [2.75, 3.05) is 6.54 Å². The van der Waals surface area contributed by atoms with Crippen molar-refractivity contribution in [1.29, 1.82) is 0 Å². The largest absolute Gasteiger partial charge is 0.459 e. The average molecular weight is 344 g/mol. The molecular formula is C18H14ClNO4. The van der Waals surface area contributed by atoms with Gasteiger partial charge >= 0.3 is 5.97 Å². The number of nitrogens with zero attached hydrogens (tertiary/aromatic N) is 1. The van der Waals surface area contributed by atoms with E-state index in [2.05, 4.69) is 0 Å². The lowest BCUT2D eigenvalue weighted by Crippen LogP contribution is -2.45. The first-order valence-corrected chi connectivity index (χ1v) is 7.75. The van der Waals surface area contributed by atoms with Crippen LogP contribution in [0.25, 0.3) is 0 Å². The fourth-order valence-corrected chi connectivity index (χ4v) is 2.61. The molecule has 0 saturated carbocycles. The van der Waals surface area contributed by atoms with E-state index in [0.29, 0.717) is 16.1 Å². The molecule has 0 unspecified atom stereocenters. The SMILES string of the molecule is O=C(CN1C(=O)Cc2ccccc2C1=O)OCc1ccc(Cl)cc1. The first kappa shape index (κ1) is 16.2.